The summed E-state index contributed by atoms with van der Waals surface area (Å²) in [6.07, 6.45) is 4.33. The number of rotatable bonds is 4. The molecule has 0 amide bonds. The van der Waals surface area contributed by atoms with E-state index in [2.05, 4.69) is 84.1 Å². The van der Waals surface area contributed by atoms with Gasteiger partial charge in [-0.2, -0.15) is 0 Å². The summed E-state index contributed by atoms with van der Waals surface area (Å²) >= 11 is 0. The minimum Gasteiger partial charge on any atom is -0.407 e. The third-order valence-electron chi connectivity index (χ3n) is 4.09. The van der Waals surface area contributed by atoms with E-state index in [1.807, 2.05) is 0 Å². The lowest BCUT2D eigenvalue weighted by Gasteiger charge is -2.39. The fourth-order valence-corrected chi connectivity index (χ4v) is 2.98. The molecule has 0 bridgehead atoms. The summed E-state index contributed by atoms with van der Waals surface area (Å²) in [6, 6.07) is 8.50. The minimum absolute atomic E-state index is 0.0760. The molecular weight excluding hydrogens is 248 g/mol. The van der Waals surface area contributed by atoms with Crippen LogP contribution >= 0.6 is 0 Å². The number of aryl methyl sites for hydroxylation is 1. The SMILES string of the molecule is C/C=C/C(O[Si](C)(C)C(C)(C)C)c1ccccc1C. The lowest BCUT2D eigenvalue weighted by molar-refractivity contribution is 0.228. The van der Waals surface area contributed by atoms with Gasteiger partial charge in [-0.05, 0) is 43.1 Å². The number of allylic oxidation sites excluding steroid dienone is 1. The largest absolute Gasteiger partial charge is 0.407 e. The lowest BCUT2D eigenvalue weighted by atomic mass is 10.0. The fraction of sp³-hybridized carbons (Fsp3) is 0.529. The van der Waals surface area contributed by atoms with Crippen LogP contribution in [0.15, 0.2) is 36.4 Å². The van der Waals surface area contributed by atoms with Gasteiger partial charge in [-0.15, -0.1) is 0 Å². The highest BCUT2D eigenvalue weighted by molar-refractivity contribution is 6.74. The van der Waals surface area contributed by atoms with E-state index in [4.69, 9.17) is 4.43 Å². The molecule has 1 aromatic rings. The van der Waals surface area contributed by atoms with Gasteiger partial charge >= 0.3 is 0 Å². The van der Waals surface area contributed by atoms with Gasteiger partial charge in [0, 0.05) is 0 Å². The molecule has 1 atom stereocenters. The molecule has 0 N–H and O–H groups in total. The monoisotopic (exact) mass is 276 g/mol. The van der Waals surface area contributed by atoms with Crippen LogP contribution in [0.3, 0.4) is 0 Å². The summed E-state index contributed by atoms with van der Waals surface area (Å²) in [7, 11) is -1.76. The molecule has 0 aliphatic carbocycles. The second kappa shape index (κ2) is 6.06. The first-order chi connectivity index (χ1) is 8.69. The first kappa shape index (κ1) is 16.2. The molecule has 0 fully saturated rings. The average Bonchev–Trinajstić information content (AvgIpc) is 2.27. The van der Waals surface area contributed by atoms with Crippen molar-refractivity contribution in [2.75, 3.05) is 0 Å². The number of hydrogen-bond acceptors (Lipinski definition) is 1. The summed E-state index contributed by atoms with van der Waals surface area (Å²) in [5, 5.41) is 0.232. The zero-order valence-corrected chi connectivity index (χ0v) is 14.4. The summed E-state index contributed by atoms with van der Waals surface area (Å²) in [4.78, 5) is 0. The van der Waals surface area contributed by atoms with Crippen molar-refractivity contribution in [1.29, 1.82) is 0 Å². The molecular formula is C17H28OSi. The van der Waals surface area contributed by atoms with Crippen molar-refractivity contribution in [3.8, 4) is 0 Å². The molecule has 1 nitrogen and oxygen atoms in total. The van der Waals surface area contributed by atoms with Crippen molar-refractivity contribution in [1.82, 2.24) is 0 Å². The standard InChI is InChI=1S/C17H28OSi/c1-8-11-16(15-13-10-9-12-14(15)2)18-19(6,7)17(3,4)5/h8-13,16H,1-7H3/b11-8+. The van der Waals surface area contributed by atoms with Crippen LogP contribution in [0.1, 0.15) is 44.9 Å². The molecule has 2 heteroatoms. The van der Waals surface area contributed by atoms with E-state index >= 15 is 0 Å². The Hall–Kier alpha value is -0.863. The van der Waals surface area contributed by atoms with Crippen LogP contribution in [-0.2, 0) is 4.43 Å². The second-order valence-corrected chi connectivity index (χ2v) is 11.4. The predicted molar refractivity (Wildman–Crippen MR) is 87.0 cm³/mol. The van der Waals surface area contributed by atoms with E-state index in [-0.39, 0.29) is 11.1 Å². The summed E-state index contributed by atoms with van der Waals surface area (Å²) in [6.45, 7) is 15.7. The normalized spacial score (nSPS) is 14.9. The Labute approximate surface area is 119 Å². The molecule has 1 unspecified atom stereocenters. The number of hydrogen-bond donors (Lipinski definition) is 0. The maximum atomic E-state index is 6.56. The molecule has 19 heavy (non-hydrogen) atoms. The van der Waals surface area contributed by atoms with Gasteiger partial charge in [0.05, 0.1) is 6.10 Å². The maximum absolute atomic E-state index is 6.56. The van der Waals surface area contributed by atoms with Gasteiger partial charge in [0.1, 0.15) is 0 Å². The van der Waals surface area contributed by atoms with E-state index in [1.54, 1.807) is 0 Å². The lowest BCUT2D eigenvalue weighted by Crippen LogP contribution is -2.41. The molecule has 1 rings (SSSR count). The average molecular weight is 276 g/mol. The second-order valence-electron chi connectivity index (χ2n) is 6.68. The van der Waals surface area contributed by atoms with Crippen molar-refractivity contribution in [2.24, 2.45) is 0 Å². The topological polar surface area (TPSA) is 9.23 Å². The summed E-state index contributed by atoms with van der Waals surface area (Å²) in [5.41, 5.74) is 2.58. The van der Waals surface area contributed by atoms with E-state index in [0.29, 0.717) is 0 Å². The van der Waals surface area contributed by atoms with Crippen LogP contribution in [0.2, 0.25) is 18.1 Å². The van der Waals surface area contributed by atoms with Crippen molar-refractivity contribution in [3.63, 3.8) is 0 Å². The van der Waals surface area contributed by atoms with Crippen molar-refractivity contribution in [3.05, 3.63) is 47.5 Å². The first-order valence-corrected chi connectivity index (χ1v) is 9.96. The van der Waals surface area contributed by atoms with E-state index < -0.39 is 8.32 Å². The Bertz CT molecular complexity index is 441. The van der Waals surface area contributed by atoms with Crippen LogP contribution < -0.4 is 0 Å². The van der Waals surface area contributed by atoms with Crippen LogP contribution in [0, 0.1) is 6.92 Å². The highest BCUT2D eigenvalue weighted by Gasteiger charge is 2.39. The first-order valence-electron chi connectivity index (χ1n) is 7.05. The molecule has 0 saturated heterocycles. The van der Waals surface area contributed by atoms with Gasteiger partial charge in [0.25, 0.3) is 0 Å². The number of benzene rings is 1. The molecule has 0 aliphatic heterocycles. The zero-order chi connectivity index (χ0) is 14.7. The highest BCUT2D eigenvalue weighted by Crippen LogP contribution is 2.40. The van der Waals surface area contributed by atoms with Crippen molar-refractivity contribution in [2.45, 2.75) is 58.9 Å². The van der Waals surface area contributed by atoms with E-state index in [1.165, 1.54) is 11.1 Å². The van der Waals surface area contributed by atoms with Crippen LogP contribution in [0.4, 0.5) is 0 Å². The molecule has 0 radical (unpaired) electrons. The smallest absolute Gasteiger partial charge is 0.193 e. The van der Waals surface area contributed by atoms with Gasteiger partial charge in [-0.3, -0.25) is 0 Å². The Morgan fingerprint density at radius 3 is 2.21 bits per heavy atom. The van der Waals surface area contributed by atoms with Gasteiger partial charge in [-0.1, -0.05) is 57.2 Å². The predicted octanol–water partition coefficient (Wildman–Crippen LogP) is 5.63. The summed E-state index contributed by atoms with van der Waals surface area (Å²) in [5.74, 6) is 0. The Morgan fingerprint density at radius 2 is 1.74 bits per heavy atom. The van der Waals surface area contributed by atoms with Crippen molar-refractivity contribution < 1.29 is 4.43 Å². The molecule has 106 valence electrons. The van der Waals surface area contributed by atoms with Crippen LogP contribution in [0.25, 0.3) is 0 Å². The quantitative estimate of drug-likeness (QED) is 0.511. The molecule has 0 aliphatic rings. The Kier molecular flexibility index (Phi) is 5.16. The Morgan fingerprint density at radius 1 is 1.16 bits per heavy atom. The van der Waals surface area contributed by atoms with Gasteiger partial charge in [0.2, 0.25) is 0 Å². The maximum Gasteiger partial charge on any atom is 0.193 e. The highest BCUT2D eigenvalue weighted by atomic mass is 28.4. The molecule has 0 heterocycles. The van der Waals surface area contributed by atoms with Gasteiger partial charge < -0.3 is 4.43 Å². The van der Waals surface area contributed by atoms with E-state index in [9.17, 15) is 0 Å². The zero-order valence-electron chi connectivity index (χ0n) is 13.4. The van der Waals surface area contributed by atoms with Crippen LogP contribution in [-0.4, -0.2) is 8.32 Å². The molecule has 0 aromatic heterocycles. The molecule has 0 spiro atoms. The van der Waals surface area contributed by atoms with Crippen molar-refractivity contribution >= 4 is 8.32 Å². The fourth-order valence-electron chi connectivity index (χ4n) is 1.78. The molecule has 0 saturated carbocycles. The third-order valence-corrected chi connectivity index (χ3v) is 8.55. The Balaban J connectivity index is 3.08. The summed E-state index contributed by atoms with van der Waals surface area (Å²) < 4.78 is 6.56. The van der Waals surface area contributed by atoms with E-state index in [0.717, 1.165) is 0 Å². The minimum atomic E-state index is -1.76. The molecule has 1 aromatic carbocycles. The third kappa shape index (κ3) is 4.05. The van der Waals surface area contributed by atoms with Gasteiger partial charge in [-0.25, -0.2) is 0 Å². The van der Waals surface area contributed by atoms with Gasteiger partial charge in [0.15, 0.2) is 8.32 Å². The van der Waals surface area contributed by atoms with Crippen LogP contribution in [0.5, 0.6) is 0 Å².